The molecule has 0 bridgehead atoms. The van der Waals surface area contributed by atoms with Gasteiger partial charge in [-0.3, -0.25) is 29.4 Å². The van der Waals surface area contributed by atoms with E-state index in [1.54, 1.807) is 17.0 Å². The predicted molar refractivity (Wildman–Crippen MR) is 152 cm³/mol. The number of hydrogen-bond donors (Lipinski definition) is 1. The van der Waals surface area contributed by atoms with Crippen LogP contribution in [0.15, 0.2) is 30.3 Å². The maximum atomic E-state index is 15.5. The highest BCUT2D eigenvalue weighted by atomic mass is 35.5. The third kappa shape index (κ3) is 5.44. The summed E-state index contributed by atoms with van der Waals surface area (Å²) < 4.78 is 46.2. The standard InChI is InChI=1S/C29H28Cl2F3N5O4/c30-18-2-1-3-20(25(18)31)36-8-10-37(11-9-36)22-6-7-38(15-29(22,33)34)27(42)16-12-17-14-39(28(43)24(17)19(32)13-16)21-4-5-23(40)35-26(21)41/h1-3,12-13,21-22H,4-11,14-15H2,(H,35,40,41). The summed E-state index contributed by atoms with van der Waals surface area (Å²) in [6, 6.07) is 5.52. The molecule has 3 saturated heterocycles. The van der Waals surface area contributed by atoms with E-state index in [0.717, 1.165) is 16.7 Å². The van der Waals surface area contributed by atoms with Crippen LogP contribution in [0.1, 0.15) is 45.5 Å². The minimum absolute atomic E-state index is 0.0336. The molecule has 4 aliphatic heterocycles. The third-order valence-electron chi connectivity index (χ3n) is 8.70. The van der Waals surface area contributed by atoms with Gasteiger partial charge in [-0.05, 0) is 42.7 Å². The van der Waals surface area contributed by atoms with Crippen molar-refractivity contribution < 1.29 is 32.3 Å². The minimum atomic E-state index is -3.21. The van der Waals surface area contributed by atoms with Crippen LogP contribution in [0.2, 0.25) is 10.0 Å². The molecule has 2 aromatic carbocycles. The van der Waals surface area contributed by atoms with Crippen LogP contribution in [0.4, 0.5) is 18.9 Å². The first-order chi connectivity index (χ1) is 20.4. The number of imide groups is 1. The monoisotopic (exact) mass is 637 g/mol. The van der Waals surface area contributed by atoms with Crippen molar-refractivity contribution in [3.8, 4) is 0 Å². The molecule has 3 fully saturated rings. The molecule has 228 valence electrons. The second-order valence-electron chi connectivity index (χ2n) is 11.3. The van der Waals surface area contributed by atoms with Gasteiger partial charge < -0.3 is 14.7 Å². The molecule has 4 amide bonds. The number of carbonyl (C=O) groups excluding carboxylic acids is 4. The highest BCUT2D eigenvalue weighted by Crippen LogP contribution is 2.36. The fourth-order valence-electron chi connectivity index (χ4n) is 6.53. The largest absolute Gasteiger partial charge is 0.368 e. The van der Waals surface area contributed by atoms with Crippen LogP contribution in [-0.2, 0) is 16.1 Å². The molecule has 2 aromatic rings. The Bertz CT molecular complexity index is 1520. The van der Waals surface area contributed by atoms with Crippen LogP contribution < -0.4 is 10.2 Å². The molecule has 0 aliphatic carbocycles. The Hall–Kier alpha value is -3.35. The van der Waals surface area contributed by atoms with Gasteiger partial charge in [0.2, 0.25) is 11.8 Å². The van der Waals surface area contributed by atoms with Crippen LogP contribution in [0.3, 0.4) is 0 Å². The van der Waals surface area contributed by atoms with Gasteiger partial charge in [0.15, 0.2) is 0 Å². The van der Waals surface area contributed by atoms with E-state index in [1.165, 1.54) is 11.0 Å². The van der Waals surface area contributed by atoms with Gasteiger partial charge in [-0.2, -0.15) is 0 Å². The van der Waals surface area contributed by atoms with Crippen molar-refractivity contribution >= 4 is 52.5 Å². The smallest absolute Gasteiger partial charge is 0.280 e. The topological polar surface area (TPSA) is 93.3 Å². The van der Waals surface area contributed by atoms with E-state index in [9.17, 15) is 19.2 Å². The Kier molecular flexibility index (Phi) is 7.80. The number of carbonyl (C=O) groups is 4. The molecule has 2 unspecified atom stereocenters. The van der Waals surface area contributed by atoms with Crippen molar-refractivity contribution in [3.05, 3.63) is 62.9 Å². The molecule has 4 heterocycles. The van der Waals surface area contributed by atoms with Gasteiger partial charge >= 0.3 is 0 Å². The van der Waals surface area contributed by atoms with E-state index >= 15 is 13.2 Å². The number of rotatable bonds is 4. The van der Waals surface area contributed by atoms with Gasteiger partial charge in [-0.15, -0.1) is 0 Å². The van der Waals surface area contributed by atoms with Gasteiger partial charge in [-0.1, -0.05) is 29.3 Å². The van der Waals surface area contributed by atoms with Crippen molar-refractivity contribution in [2.75, 3.05) is 44.2 Å². The first-order valence-electron chi connectivity index (χ1n) is 14.0. The van der Waals surface area contributed by atoms with E-state index in [-0.39, 0.29) is 49.0 Å². The Balaban J connectivity index is 1.11. The molecule has 1 N–H and O–H groups in total. The van der Waals surface area contributed by atoms with Crippen molar-refractivity contribution in [1.29, 1.82) is 0 Å². The second kappa shape index (κ2) is 11.3. The summed E-state index contributed by atoms with van der Waals surface area (Å²) in [5.74, 6) is -6.74. The molecule has 0 radical (unpaired) electrons. The molecule has 0 aromatic heterocycles. The SMILES string of the molecule is O=C1CCC(N2Cc3cc(C(=O)N4CCC(N5CCN(c6cccc(Cl)c6Cl)CC5)C(F)(F)C4)cc(F)c3C2=O)C(=O)N1. The Morgan fingerprint density at radius 1 is 1.00 bits per heavy atom. The molecular formula is C29H28Cl2F3N5O4. The zero-order valence-electron chi connectivity index (χ0n) is 22.9. The summed E-state index contributed by atoms with van der Waals surface area (Å²) in [6.07, 6.45) is 0.177. The summed E-state index contributed by atoms with van der Waals surface area (Å²) in [5, 5.41) is 3.02. The average molecular weight is 638 g/mol. The predicted octanol–water partition coefficient (Wildman–Crippen LogP) is 3.57. The lowest BCUT2D eigenvalue weighted by Gasteiger charge is -2.46. The fraction of sp³-hybridized carbons (Fsp3) is 0.448. The zero-order valence-corrected chi connectivity index (χ0v) is 24.4. The number of alkyl halides is 2. The number of benzene rings is 2. The number of nitrogens with one attached hydrogen (secondary N) is 1. The van der Waals surface area contributed by atoms with Crippen LogP contribution in [0.25, 0.3) is 0 Å². The molecule has 0 spiro atoms. The molecule has 14 heteroatoms. The highest BCUT2D eigenvalue weighted by molar-refractivity contribution is 6.43. The van der Waals surface area contributed by atoms with Crippen molar-refractivity contribution in [2.24, 2.45) is 0 Å². The third-order valence-corrected chi connectivity index (χ3v) is 9.51. The first kappa shape index (κ1) is 29.7. The number of anilines is 1. The van der Waals surface area contributed by atoms with Crippen LogP contribution in [0, 0.1) is 5.82 Å². The van der Waals surface area contributed by atoms with Gasteiger partial charge in [0.05, 0.1) is 33.9 Å². The molecule has 43 heavy (non-hydrogen) atoms. The summed E-state index contributed by atoms with van der Waals surface area (Å²) in [4.78, 5) is 56.0. The van der Waals surface area contributed by atoms with E-state index < -0.39 is 54.0 Å². The number of hydrogen-bond acceptors (Lipinski definition) is 6. The number of likely N-dealkylation sites (tertiary alicyclic amines) is 1. The summed E-state index contributed by atoms with van der Waals surface area (Å²) in [5.41, 5.74) is 0.542. The maximum Gasteiger partial charge on any atom is 0.280 e. The number of fused-ring (bicyclic) bond motifs is 1. The van der Waals surface area contributed by atoms with Crippen LogP contribution >= 0.6 is 23.2 Å². The average Bonchev–Trinajstić information content (AvgIpc) is 3.30. The maximum absolute atomic E-state index is 15.5. The van der Waals surface area contributed by atoms with E-state index in [1.807, 2.05) is 11.0 Å². The Morgan fingerprint density at radius 3 is 2.44 bits per heavy atom. The number of piperidine rings is 2. The molecule has 6 rings (SSSR count). The summed E-state index contributed by atoms with van der Waals surface area (Å²) >= 11 is 12.5. The lowest BCUT2D eigenvalue weighted by molar-refractivity contribution is -0.136. The highest BCUT2D eigenvalue weighted by Gasteiger charge is 2.49. The fourth-order valence-corrected chi connectivity index (χ4v) is 6.94. The van der Waals surface area contributed by atoms with Gasteiger partial charge in [-0.25, -0.2) is 13.2 Å². The van der Waals surface area contributed by atoms with Crippen LogP contribution in [-0.4, -0.2) is 95.6 Å². The van der Waals surface area contributed by atoms with Crippen molar-refractivity contribution in [3.63, 3.8) is 0 Å². The minimum Gasteiger partial charge on any atom is -0.368 e. The van der Waals surface area contributed by atoms with Crippen molar-refractivity contribution in [2.45, 2.75) is 43.8 Å². The number of halogens is 5. The van der Waals surface area contributed by atoms with Crippen LogP contribution in [0.5, 0.6) is 0 Å². The molecular weight excluding hydrogens is 610 g/mol. The molecule has 0 saturated carbocycles. The number of piperazine rings is 1. The number of nitrogens with zero attached hydrogens (tertiary/aromatic N) is 4. The van der Waals surface area contributed by atoms with E-state index in [0.29, 0.717) is 36.2 Å². The Morgan fingerprint density at radius 2 is 1.74 bits per heavy atom. The summed E-state index contributed by atoms with van der Waals surface area (Å²) in [7, 11) is 0. The quantitative estimate of drug-likeness (QED) is 0.516. The second-order valence-corrected chi connectivity index (χ2v) is 12.1. The first-order valence-corrected chi connectivity index (χ1v) is 14.8. The zero-order chi connectivity index (χ0) is 30.6. The number of amides is 4. The van der Waals surface area contributed by atoms with E-state index in [2.05, 4.69) is 5.32 Å². The van der Waals surface area contributed by atoms with E-state index in [4.69, 9.17) is 23.2 Å². The molecule has 9 nitrogen and oxygen atoms in total. The lowest BCUT2D eigenvalue weighted by Crippen LogP contribution is -2.62. The lowest BCUT2D eigenvalue weighted by atomic mass is 9.96. The molecule has 4 aliphatic rings. The summed E-state index contributed by atoms with van der Waals surface area (Å²) in [6.45, 7) is 0.825. The van der Waals surface area contributed by atoms with Gasteiger partial charge in [0.1, 0.15) is 11.9 Å². The van der Waals surface area contributed by atoms with Crippen molar-refractivity contribution in [1.82, 2.24) is 20.0 Å². The van der Waals surface area contributed by atoms with Gasteiger partial charge in [0.25, 0.3) is 17.7 Å². The molecule has 2 atom stereocenters. The Labute approximate surface area is 255 Å². The van der Waals surface area contributed by atoms with Gasteiger partial charge in [0, 0.05) is 51.3 Å². The normalized spacial score (nSPS) is 24.3.